The van der Waals surface area contributed by atoms with Gasteiger partial charge in [-0.05, 0) is 28.6 Å². The molecule has 0 aliphatic rings. The first kappa shape index (κ1) is 20.1. The van der Waals surface area contributed by atoms with Crippen molar-refractivity contribution < 1.29 is 14.3 Å². The minimum atomic E-state index is -0.491. The number of ether oxygens (including phenoxy) is 1. The van der Waals surface area contributed by atoms with Crippen LogP contribution in [0.1, 0.15) is 21.6 Å². The quantitative estimate of drug-likeness (QED) is 0.475. The van der Waals surface area contributed by atoms with Gasteiger partial charge in [0.05, 0.1) is 0 Å². The van der Waals surface area contributed by atoms with Gasteiger partial charge < -0.3 is 4.74 Å². The van der Waals surface area contributed by atoms with Gasteiger partial charge in [0.1, 0.15) is 11.4 Å². The lowest BCUT2D eigenvalue weighted by Crippen LogP contribution is -2.44. The van der Waals surface area contributed by atoms with Crippen LogP contribution in [-0.2, 0) is 11.2 Å². The number of nitrogens with one attached hydrogen (secondary N) is 2. The molecule has 1 heterocycles. The SMILES string of the molecule is O=C(COc1ccccc1Cc1ccccc1)NNC(=O)c1nccc2ccccc12. The van der Waals surface area contributed by atoms with Gasteiger partial charge in [-0.3, -0.25) is 25.4 Å². The average molecular weight is 411 g/mol. The molecule has 0 saturated heterocycles. The van der Waals surface area contributed by atoms with Gasteiger partial charge in [-0.25, -0.2) is 0 Å². The lowest BCUT2D eigenvalue weighted by molar-refractivity contribution is -0.123. The smallest absolute Gasteiger partial charge is 0.288 e. The minimum absolute atomic E-state index is 0.227. The highest BCUT2D eigenvalue weighted by Crippen LogP contribution is 2.21. The molecule has 0 atom stereocenters. The number of fused-ring (bicyclic) bond motifs is 1. The van der Waals surface area contributed by atoms with Gasteiger partial charge in [-0.1, -0.05) is 72.8 Å². The zero-order valence-corrected chi connectivity index (χ0v) is 16.7. The second-order valence-corrected chi connectivity index (χ2v) is 6.94. The summed E-state index contributed by atoms with van der Waals surface area (Å²) in [4.78, 5) is 28.8. The molecule has 2 amide bonds. The molecule has 0 unspecified atom stereocenters. The Balaban J connectivity index is 1.34. The topological polar surface area (TPSA) is 80.3 Å². The number of hydrazine groups is 1. The van der Waals surface area contributed by atoms with Crippen LogP contribution in [0.25, 0.3) is 10.8 Å². The number of para-hydroxylation sites is 1. The third-order valence-corrected chi connectivity index (χ3v) is 4.77. The molecule has 6 heteroatoms. The van der Waals surface area contributed by atoms with E-state index < -0.39 is 11.8 Å². The Bertz CT molecular complexity index is 1200. The number of rotatable bonds is 6. The number of benzene rings is 3. The Morgan fingerprint density at radius 1 is 0.806 bits per heavy atom. The summed E-state index contributed by atoms with van der Waals surface area (Å²) in [5.41, 5.74) is 7.15. The van der Waals surface area contributed by atoms with Gasteiger partial charge in [0.15, 0.2) is 6.61 Å². The molecule has 0 bridgehead atoms. The third kappa shape index (κ3) is 5.05. The maximum Gasteiger partial charge on any atom is 0.288 e. The van der Waals surface area contributed by atoms with Crippen molar-refractivity contribution in [2.75, 3.05) is 6.61 Å². The summed E-state index contributed by atoms with van der Waals surface area (Å²) in [6.45, 7) is -0.227. The average Bonchev–Trinajstić information content (AvgIpc) is 2.82. The number of carbonyl (C=O) groups excluding carboxylic acids is 2. The summed E-state index contributed by atoms with van der Waals surface area (Å²) in [7, 11) is 0. The van der Waals surface area contributed by atoms with Gasteiger partial charge in [0.25, 0.3) is 11.8 Å². The van der Waals surface area contributed by atoms with E-state index in [-0.39, 0.29) is 12.3 Å². The van der Waals surface area contributed by atoms with Crippen LogP contribution >= 0.6 is 0 Å². The highest BCUT2D eigenvalue weighted by Gasteiger charge is 2.13. The van der Waals surface area contributed by atoms with Crippen LogP contribution in [0.15, 0.2) is 91.1 Å². The van der Waals surface area contributed by atoms with E-state index in [9.17, 15) is 9.59 Å². The van der Waals surface area contributed by atoms with E-state index in [0.29, 0.717) is 17.6 Å². The highest BCUT2D eigenvalue weighted by atomic mass is 16.5. The van der Waals surface area contributed by atoms with Gasteiger partial charge in [-0.2, -0.15) is 0 Å². The second-order valence-electron chi connectivity index (χ2n) is 6.94. The zero-order chi connectivity index (χ0) is 21.5. The van der Waals surface area contributed by atoms with Crippen LogP contribution < -0.4 is 15.6 Å². The Hall–Kier alpha value is -4.19. The number of amides is 2. The van der Waals surface area contributed by atoms with Crippen molar-refractivity contribution in [2.24, 2.45) is 0 Å². The molecule has 0 aliphatic carbocycles. The molecule has 0 spiro atoms. The highest BCUT2D eigenvalue weighted by molar-refractivity contribution is 6.05. The molecule has 0 aliphatic heterocycles. The van der Waals surface area contributed by atoms with Gasteiger partial charge in [-0.15, -0.1) is 0 Å². The minimum Gasteiger partial charge on any atom is -0.483 e. The van der Waals surface area contributed by atoms with Gasteiger partial charge in [0, 0.05) is 18.0 Å². The maximum atomic E-state index is 12.5. The van der Waals surface area contributed by atoms with Crippen molar-refractivity contribution in [1.29, 1.82) is 0 Å². The molecule has 31 heavy (non-hydrogen) atoms. The first-order chi connectivity index (χ1) is 15.2. The molecule has 0 fully saturated rings. The Kier molecular flexibility index (Phi) is 6.18. The summed E-state index contributed by atoms with van der Waals surface area (Å²) < 4.78 is 5.70. The number of hydrogen-bond acceptors (Lipinski definition) is 4. The van der Waals surface area contributed by atoms with Crippen LogP contribution in [0.5, 0.6) is 5.75 Å². The van der Waals surface area contributed by atoms with E-state index in [2.05, 4.69) is 15.8 Å². The summed E-state index contributed by atoms with van der Waals surface area (Å²) >= 11 is 0. The van der Waals surface area contributed by atoms with Crippen molar-refractivity contribution in [3.05, 3.63) is 108 Å². The van der Waals surface area contributed by atoms with Gasteiger partial charge in [0.2, 0.25) is 0 Å². The van der Waals surface area contributed by atoms with Crippen molar-refractivity contribution >= 4 is 22.6 Å². The van der Waals surface area contributed by atoms with E-state index in [0.717, 1.165) is 16.5 Å². The van der Waals surface area contributed by atoms with Crippen LogP contribution in [-0.4, -0.2) is 23.4 Å². The first-order valence-electron chi connectivity index (χ1n) is 9.88. The number of hydrogen-bond donors (Lipinski definition) is 2. The number of carbonyl (C=O) groups is 2. The van der Waals surface area contributed by atoms with Crippen molar-refractivity contribution in [3.63, 3.8) is 0 Å². The molecule has 3 aromatic carbocycles. The van der Waals surface area contributed by atoms with Crippen molar-refractivity contribution in [1.82, 2.24) is 15.8 Å². The van der Waals surface area contributed by atoms with Crippen LogP contribution in [0, 0.1) is 0 Å². The van der Waals surface area contributed by atoms with Gasteiger partial charge >= 0.3 is 0 Å². The first-order valence-corrected chi connectivity index (χ1v) is 9.88. The second kappa shape index (κ2) is 9.54. The lowest BCUT2D eigenvalue weighted by Gasteiger charge is -2.12. The molecular weight excluding hydrogens is 390 g/mol. The molecule has 4 rings (SSSR count). The molecule has 4 aromatic rings. The largest absolute Gasteiger partial charge is 0.483 e. The summed E-state index contributed by atoms with van der Waals surface area (Å²) in [6, 6.07) is 26.9. The fraction of sp³-hybridized carbons (Fsp3) is 0.0800. The molecule has 1 aromatic heterocycles. The summed E-state index contributed by atoms with van der Waals surface area (Å²) in [5, 5.41) is 1.61. The Labute approximate surface area is 179 Å². The number of aromatic nitrogens is 1. The predicted octanol–water partition coefficient (Wildman–Crippen LogP) is 3.67. The van der Waals surface area contributed by atoms with E-state index >= 15 is 0 Å². The summed E-state index contributed by atoms with van der Waals surface area (Å²) in [6.07, 6.45) is 2.26. The molecule has 154 valence electrons. The van der Waals surface area contributed by atoms with Crippen molar-refractivity contribution in [2.45, 2.75) is 6.42 Å². The van der Waals surface area contributed by atoms with E-state index in [1.807, 2.05) is 84.9 Å². The maximum absolute atomic E-state index is 12.5. The van der Waals surface area contributed by atoms with Crippen LogP contribution in [0.3, 0.4) is 0 Å². The Morgan fingerprint density at radius 3 is 2.42 bits per heavy atom. The molecule has 0 radical (unpaired) electrons. The predicted molar refractivity (Wildman–Crippen MR) is 119 cm³/mol. The monoisotopic (exact) mass is 411 g/mol. The van der Waals surface area contributed by atoms with Crippen LogP contribution in [0.2, 0.25) is 0 Å². The van der Waals surface area contributed by atoms with E-state index in [1.165, 1.54) is 0 Å². The molecule has 2 N–H and O–H groups in total. The van der Waals surface area contributed by atoms with E-state index in [4.69, 9.17) is 4.74 Å². The number of nitrogens with zero attached hydrogens (tertiary/aromatic N) is 1. The normalized spacial score (nSPS) is 10.5. The lowest BCUT2D eigenvalue weighted by atomic mass is 10.0. The summed E-state index contributed by atoms with van der Waals surface area (Å²) in [5.74, 6) is -0.332. The standard InChI is InChI=1S/C25H21N3O3/c29-23(27-28-25(30)24-21-12-6-4-10-19(21)14-15-26-24)17-31-22-13-7-5-11-20(22)16-18-8-2-1-3-9-18/h1-15H,16-17H2,(H,27,29)(H,28,30). The molecular formula is C25H21N3O3. The van der Waals surface area contributed by atoms with Crippen molar-refractivity contribution in [3.8, 4) is 5.75 Å². The number of pyridine rings is 1. The van der Waals surface area contributed by atoms with E-state index in [1.54, 1.807) is 6.20 Å². The fourth-order valence-electron chi connectivity index (χ4n) is 3.27. The molecule has 6 nitrogen and oxygen atoms in total. The van der Waals surface area contributed by atoms with Crippen LogP contribution in [0.4, 0.5) is 0 Å². The fourth-order valence-corrected chi connectivity index (χ4v) is 3.27. The molecule has 0 saturated carbocycles. The zero-order valence-electron chi connectivity index (χ0n) is 16.7. The third-order valence-electron chi connectivity index (χ3n) is 4.77. The Morgan fingerprint density at radius 2 is 1.55 bits per heavy atom.